The highest BCUT2D eigenvalue weighted by molar-refractivity contribution is 5.94. The van der Waals surface area contributed by atoms with Crippen molar-refractivity contribution in [3.63, 3.8) is 0 Å². The number of nitrogens with zero attached hydrogens (tertiary/aromatic N) is 1. The van der Waals surface area contributed by atoms with Crippen LogP contribution in [0.1, 0.15) is 18.9 Å². The van der Waals surface area contributed by atoms with Crippen LogP contribution in [0.2, 0.25) is 0 Å². The second-order valence-electron chi connectivity index (χ2n) is 3.14. The number of benzene rings is 1. The fourth-order valence-corrected chi connectivity index (χ4v) is 1.23. The Morgan fingerprint density at radius 1 is 1.43 bits per heavy atom. The Balaban J connectivity index is 2.95. The Bertz CT molecular complexity index is 327. The number of amides is 1. The van der Waals surface area contributed by atoms with Crippen molar-refractivity contribution in [2.45, 2.75) is 20.3 Å². The van der Waals surface area contributed by atoms with Crippen molar-refractivity contribution < 1.29 is 4.79 Å². The molecule has 0 aliphatic rings. The zero-order valence-electron chi connectivity index (χ0n) is 8.66. The molecule has 2 heteroatoms. The molecular weight excluding hydrogens is 174 g/mol. The van der Waals surface area contributed by atoms with Gasteiger partial charge in [0.25, 0.3) is 0 Å². The minimum atomic E-state index is 0.0591. The van der Waals surface area contributed by atoms with Crippen LogP contribution in [0.3, 0.4) is 0 Å². The molecule has 0 fully saturated rings. The molecule has 0 heterocycles. The maximum Gasteiger partial charge on any atom is 0.230 e. The number of aryl methyl sites for hydroxylation is 1. The molecule has 74 valence electrons. The van der Waals surface area contributed by atoms with Gasteiger partial charge in [0.1, 0.15) is 0 Å². The van der Waals surface area contributed by atoms with Crippen LogP contribution >= 0.6 is 0 Å². The summed E-state index contributed by atoms with van der Waals surface area (Å²) in [6, 6.07) is 7.80. The van der Waals surface area contributed by atoms with Crippen molar-refractivity contribution >= 4 is 11.6 Å². The predicted octanol–water partition coefficient (Wildman–Crippen LogP) is 2.88. The number of rotatable bonds is 3. The first-order chi connectivity index (χ1) is 6.69. The SMILES string of the molecule is C=CN(C(=O)CC)c1ccc(C)cc1. The molecule has 0 saturated carbocycles. The summed E-state index contributed by atoms with van der Waals surface area (Å²) in [6.07, 6.45) is 2.04. The van der Waals surface area contributed by atoms with Gasteiger partial charge in [0.15, 0.2) is 0 Å². The van der Waals surface area contributed by atoms with Gasteiger partial charge in [-0.3, -0.25) is 9.69 Å². The van der Waals surface area contributed by atoms with E-state index in [1.165, 1.54) is 5.56 Å². The lowest BCUT2D eigenvalue weighted by atomic mass is 10.2. The van der Waals surface area contributed by atoms with Crippen LogP contribution in [-0.2, 0) is 4.79 Å². The van der Waals surface area contributed by atoms with E-state index >= 15 is 0 Å². The van der Waals surface area contributed by atoms with Crippen molar-refractivity contribution in [1.29, 1.82) is 0 Å². The van der Waals surface area contributed by atoms with Gasteiger partial charge in [-0.25, -0.2) is 0 Å². The molecule has 0 saturated heterocycles. The lowest BCUT2D eigenvalue weighted by Gasteiger charge is -2.17. The fraction of sp³-hybridized carbons (Fsp3) is 0.250. The Hall–Kier alpha value is -1.57. The summed E-state index contributed by atoms with van der Waals surface area (Å²) >= 11 is 0. The molecule has 0 aliphatic heterocycles. The molecule has 2 nitrogen and oxygen atoms in total. The van der Waals surface area contributed by atoms with Crippen LogP contribution in [0.4, 0.5) is 5.69 Å². The van der Waals surface area contributed by atoms with Gasteiger partial charge in [0, 0.05) is 18.3 Å². The van der Waals surface area contributed by atoms with E-state index < -0.39 is 0 Å². The molecule has 1 rings (SSSR count). The zero-order valence-corrected chi connectivity index (χ0v) is 8.66. The highest BCUT2D eigenvalue weighted by Crippen LogP contribution is 2.16. The quantitative estimate of drug-likeness (QED) is 0.716. The maximum absolute atomic E-state index is 11.5. The molecule has 1 aromatic carbocycles. The number of hydrogen-bond acceptors (Lipinski definition) is 1. The molecule has 0 aromatic heterocycles. The molecule has 0 radical (unpaired) electrons. The second kappa shape index (κ2) is 4.61. The molecule has 1 aromatic rings. The summed E-state index contributed by atoms with van der Waals surface area (Å²) in [7, 11) is 0. The summed E-state index contributed by atoms with van der Waals surface area (Å²) in [6.45, 7) is 7.49. The number of anilines is 1. The standard InChI is InChI=1S/C12H15NO/c1-4-12(14)13(5-2)11-8-6-10(3)7-9-11/h5-9H,2,4H2,1,3H3. The van der Waals surface area contributed by atoms with E-state index in [0.717, 1.165) is 5.69 Å². The van der Waals surface area contributed by atoms with Crippen molar-refractivity contribution in [2.75, 3.05) is 4.90 Å². The summed E-state index contributed by atoms with van der Waals surface area (Å²) < 4.78 is 0. The zero-order chi connectivity index (χ0) is 10.6. The van der Waals surface area contributed by atoms with E-state index in [4.69, 9.17) is 0 Å². The monoisotopic (exact) mass is 189 g/mol. The molecule has 14 heavy (non-hydrogen) atoms. The van der Waals surface area contributed by atoms with Crippen LogP contribution in [0.25, 0.3) is 0 Å². The van der Waals surface area contributed by atoms with E-state index in [0.29, 0.717) is 6.42 Å². The van der Waals surface area contributed by atoms with Gasteiger partial charge < -0.3 is 0 Å². The lowest BCUT2D eigenvalue weighted by molar-refractivity contribution is -0.117. The number of carbonyl (C=O) groups excluding carboxylic acids is 1. The third-order valence-corrected chi connectivity index (χ3v) is 2.07. The first-order valence-electron chi connectivity index (χ1n) is 4.70. The van der Waals surface area contributed by atoms with Crippen LogP contribution in [0, 0.1) is 6.92 Å². The fourth-order valence-electron chi connectivity index (χ4n) is 1.23. The maximum atomic E-state index is 11.5. The Morgan fingerprint density at radius 3 is 2.43 bits per heavy atom. The summed E-state index contributed by atoms with van der Waals surface area (Å²) in [4.78, 5) is 13.1. The number of hydrogen-bond donors (Lipinski definition) is 0. The van der Waals surface area contributed by atoms with Gasteiger partial charge in [-0.15, -0.1) is 0 Å². The van der Waals surface area contributed by atoms with Gasteiger partial charge in [-0.1, -0.05) is 31.2 Å². The Labute approximate surface area is 84.9 Å². The van der Waals surface area contributed by atoms with Crippen molar-refractivity contribution in [3.05, 3.63) is 42.6 Å². The minimum absolute atomic E-state index is 0.0591. The molecule has 0 atom stereocenters. The molecule has 0 aliphatic carbocycles. The summed E-state index contributed by atoms with van der Waals surface area (Å²) in [5.41, 5.74) is 2.05. The molecule has 1 amide bonds. The van der Waals surface area contributed by atoms with Crippen molar-refractivity contribution in [3.8, 4) is 0 Å². The molecular formula is C12H15NO. The van der Waals surface area contributed by atoms with Crippen molar-refractivity contribution in [2.24, 2.45) is 0 Å². The number of carbonyl (C=O) groups is 1. The molecule has 0 unspecified atom stereocenters. The van der Waals surface area contributed by atoms with Gasteiger partial charge in [-0.05, 0) is 19.1 Å². The first-order valence-corrected chi connectivity index (χ1v) is 4.70. The Morgan fingerprint density at radius 2 is 2.00 bits per heavy atom. The average Bonchev–Trinajstić information content (AvgIpc) is 2.21. The van der Waals surface area contributed by atoms with Gasteiger partial charge in [0.2, 0.25) is 5.91 Å². The van der Waals surface area contributed by atoms with Gasteiger partial charge >= 0.3 is 0 Å². The normalized spacial score (nSPS) is 9.57. The third-order valence-electron chi connectivity index (χ3n) is 2.07. The Kier molecular flexibility index (Phi) is 3.46. The third kappa shape index (κ3) is 2.22. The molecule has 0 bridgehead atoms. The predicted molar refractivity (Wildman–Crippen MR) is 59.2 cm³/mol. The van der Waals surface area contributed by atoms with E-state index in [9.17, 15) is 4.79 Å². The smallest absolute Gasteiger partial charge is 0.230 e. The topological polar surface area (TPSA) is 20.3 Å². The summed E-state index contributed by atoms with van der Waals surface area (Å²) in [5, 5.41) is 0. The van der Waals surface area contributed by atoms with Gasteiger partial charge in [-0.2, -0.15) is 0 Å². The summed E-state index contributed by atoms with van der Waals surface area (Å²) in [5.74, 6) is 0.0591. The molecule has 0 N–H and O–H groups in total. The minimum Gasteiger partial charge on any atom is -0.288 e. The van der Waals surface area contributed by atoms with Crippen molar-refractivity contribution in [1.82, 2.24) is 0 Å². The highest BCUT2D eigenvalue weighted by atomic mass is 16.2. The van der Waals surface area contributed by atoms with Crippen LogP contribution in [0.15, 0.2) is 37.0 Å². The van der Waals surface area contributed by atoms with Crippen LogP contribution < -0.4 is 4.90 Å². The van der Waals surface area contributed by atoms with E-state index in [2.05, 4.69) is 6.58 Å². The van der Waals surface area contributed by atoms with E-state index in [-0.39, 0.29) is 5.91 Å². The molecule has 0 spiro atoms. The average molecular weight is 189 g/mol. The largest absolute Gasteiger partial charge is 0.288 e. The highest BCUT2D eigenvalue weighted by Gasteiger charge is 2.09. The first kappa shape index (κ1) is 10.5. The lowest BCUT2D eigenvalue weighted by Crippen LogP contribution is -2.23. The van der Waals surface area contributed by atoms with Crippen LogP contribution in [0.5, 0.6) is 0 Å². The van der Waals surface area contributed by atoms with E-state index in [1.54, 1.807) is 11.1 Å². The second-order valence-corrected chi connectivity index (χ2v) is 3.14. The van der Waals surface area contributed by atoms with Gasteiger partial charge in [0.05, 0.1) is 0 Å². The van der Waals surface area contributed by atoms with Crippen LogP contribution in [-0.4, -0.2) is 5.91 Å². The van der Waals surface area contributed by atoms with E-state index in [1.807, 2.05) is 38.1 Å².